The standard InChI is InChI=1S/C13H17NO4S2/c15-13(4-3-10-2-1-7-19-10)14-5-6-18-12-9-20(16,17)8-11(12)14/h1-2,7,11-12H,3-6,8-9H2. The fourth-order valence-electron chi connectivity index (χ4n) is 2.85. The number of sulfone groups is 1. The molecule has 0 bridgehead atoms. The summed E-state index contributed by atoms with van der Waals surface area (Å²) in [4.78, 5) is 15.2. The molecule has 1 aromatic heterocycles. The smallest absolute Gasteiger partial charge is 0.223 e. The predicted molar refractivity (Wildman–Crippen MR) is 76.5 cm³/mol. The van der Waals surface area contributed by atoms with Gasteiger partial charge in [0.05, 0.1) is 30.3 Å². The zero-order valence-corrected chi connectivity index (χ0v) is 12.7. The van der Waals surface area contributed by atoms with Crippen LogP contribution >= 0.6 is 11.3 Å². The number of morpholine rings is 1. The minimum absolute atomic E-state index is 0.0359. The average Bonchev–Trinajstić information content (AvgIpc) is 3.00. The van der Waals surface area contributed by atoms with Crippen LogP contribution in [-0.2, 0) is 25.8 Å². The van der Waals surface area contributed by atoms with E-state index in [1.54, 1.807) is 16.2 Å². The number of hydrogen-bond acceptors (Lipinski definition) is 5. The molecule has 5 nitrogen and oxygen atoms in total. The zero-order valence-electron chi connectivity index (χ0n) is 11.0. The molecule has 20 heavy (non-hydrogen) atoms. The molecule has 0 aromatic carbocycles. The zero-order chi connectivity index (χ0) is 14.2. The molecule has 0 radical (unpaired) electrons. The molecule has 3 heterocycles. The van der Waals surface area contributed by atoms with Crippen molar-refractivity contribution in [1.29, 1.82) is 0 Å². The van der Waals surface area contributed by atoms with Gasteiger partial charge in [-0.3, -0.25) is 4.79 Å². The normalized spacial score (nSPS) is 28.3. The van der Waals surface area contributed by atoms with Gasteiger partial charge in [-0.15, -0.1) is 11.3 Å². The van der Waals surface area contributed by atoms with Crippen molar-refractivity contribution in [2.45, 2.75) is 25.0 Å². The van der Waals surface area contributed by atoms with Crippen LogP contribution in [0.3, 0.4) is 0 Å². The summed E-state index contributed by atoms with van der Waals surface area (Å²) in [6.45, 7) is 0.932. The van der Waals surface area contributed by atoms with E-state index in [-0.39, 0.29) is 29.6 Å². The number of ether oxygens (including phenoxy) is 1. The van der Waals surface area contributed by atoms with Gasteiger partial charge in [-0.25, -0.2) is 8.42 Å². The van der Waals surface area contributed by atoms with E-state index < -0.39 is 9.84 Å². The van der Waals surface area contributed by atoms with Gasteiger partial charge in [0.25, 0.3) is 0 Å². The Kier molecular flexibility index (Phi) is 3.83. The lowest BCUT2D eigenvalue weighted by Gasteiger charge is -2.36. The quantitative estimate of drug-likeness (QED) is 0.824. The van der Waals surface area contributed by atoms with Crippen molar-refractivity contribution >= 4 is 27.1 Å². The van der Waals surface area contributed by atoms with E-state index in [1.165, 1.54) is 4.88 Å². The third-order valence-corrected chi connectivity index (χ3v) is 6.44. The highest BCUT2D eigenvalue weighted by molar-refractivity contribution is 7.91. The maximum Gasteiger partial charge on any atom is 0.223 e. The van der Waals surface area contributed by atoms with E-state index >= 15 is 0 Å². The SMILES string of the molecule is O=C(CCc1cccs1)N1CCOC2CS(=O)(=O)CC21. The lowest BCUT2D eigenvalue weighted by atomic mass is 10.1. The second-order valence-electron chi connectivity index (χ2n) is 5.22. The molecule has 0 saturated carbocycles. The monoisotopic (exact) mass is 315 g/mol. The molecule has 2 unspecified atom stereocenters. The van der Waals surface area contributed by atoms with Crippen LogP contribution in [0.4, 0.5) is 0 Å². The minimum Gasteiger partial charge on any atom is -0.373 e. The van der Waals surface area contributed by atoms with Crippen molar-refractivity contribution in [3.8, 4) is 0 Å². The Balaban J connectivity index is 1.65. The molecule has 0 aliphatic carbocycles. The van der Waals surface area contributed by atoms with Crippen LogP contribution in [0.15, 0.2) is 17.5 Å². The number of amides is 1. The Morgan fingerprint density at radius 2 is 2.30 bits per heavy atom. The summed E-state index contributed by atoms with van der Waals surface area (Å²) >= 11 is 1.64. The van der Waals surface area contributed by atoms with Crippen LogP contribution in [0.1, 0.15) is 11.3 Å². The van der Waals surface area contributed by atoms with Crippen molar-refractivity contribution < 1.29 is 17.9 Å². The van der Waals surface area contributed by atoms with Crippen molar-refractivity contribution in [2.24, 2.45) is 0 Å². The highest BCUT2D eigenvalue weighted by Crippen LogP contribution is 2.25. The highest BCUT2D eigenvalue weighted by atomic mass is 32.2. The molecule has 0 spiro atoms. The fraction of sp³-hybridized carbons (Fsp3) is 0.615. The molecule has 2 aliphatic heterocycles. The maximum atomic E-state index is 12.3. The number of carbonyl (C=O) groups is 1. The van der Waals surface area contributed by atoms with E-state index in [2.05, 4.69) is 0 Å². The third-order valence-electron chi connectivity index (χ3n) is 3.82. The molecule has 7 heteroatoms. The summed E-state index contributed by atoms with van der Waals surface area (Å²) in [5.74, 6) is 0.128. The second-order valence-corrected chi connectivity index (χ2v) is 8.41. The average molecular weight is 315 g/mol. The van der Waals surface area contributed by atoms with Gasteiger partial charge < -0.3 is 9.64 Å². The first-order valence-electron chi connectivity index (χ1n) is 6.69. The number of carbonyl (C=O) groups excluding carboxylic acids is 1. The summed E-state index contributed by atoms with van der Waals surface area (Å²) in [5, 5.41) is 1.99. The van der Waals surface area contributed by atoms with Gasteiger partial charge in [-0.05, 0) is 17.9 Å². The van der Waals surface area contributed by atoms with Gasteiger partial charge in [0.2, 0.25) is 5.91 Å². The van der Waals surface area contributed by atoms with Crippen LogP contribution in [0.5, 0.6) is 0 Å². The molecule has 2 atom stereocenters. The third kappa shape index (κ3) is 2.89. The summed E-state index contributed by atoms with van der Waals surface area (Å²) in [6.07, 6.45) is 0.821. The summed E-state index contributed by atoms with van der Waals surface area (Å²) < 4.78 is 28.9. The molecular weight excluding hydrogens is 298 g/mol. The van der Waals surface area contributed by atoms with E-state index in [1.807, 2.05) is 17.5 Å². The molecule has 0 N–H and O–H groups in total. The lowest BCUT2D eigenvalue weighted by molar-refractivity contribution is -0.142. The van der Waals surface area contributed by atoms with Crippen LogP contribution in [0, 0.1) is 0 Å². The number of hydrogen-bond donors (Lipinski definition) is 0. The van der Waals surface area contributed by atoms with Crippen LogP contribution in [0.2, 0.25) is 0 Å². The Bertz CT molecular complexity index is 582. The van der Waals surface area contributed by atoms with Gasteiger partial charge in [-0.2, -0.15) is 0 Å². The van der Waals surface area contributed by atoms with E-state index in [9.17, 15) is 13.2 Å². The summed E-state index contributed by atoms with van der Waals surface area (Å²) in [6, 6.07) is 3.70. The van der Waals surface area contributed by atoms with Crippen molar-refractivity contribution in [3.63, 3.8) is 0 Å². The number of thiophene rings is 1. The van der Waals surface area contributed by atoms with Crippen molar-refractivity contribution in [3.05, 3.63) is 22.4 Å². The first-order chi connectivity index (χ1) is 9.55. The van der Waals surface area contributed by atoms with E-state index in [4.69, 9.17) is 4.74 Å². The largest absolute Gasteiger partial charge is 0.373 e. The Hall–Kier alpha value is -0.920. The van der Waals surface area contributed by atoms with Crippen molar-refractivity contribution in [1.82, 2.24) is 4.90 Å². The first kappa shape index (κ1) is 14.0. The lowest BCUT2D eigenvalue weighted by Crippen LogP contribution is -2.53. The molecule has 2 aliphatic rings. The Morgan fingerprint density at radius 1 is 1.45 bits per heavy atom. The molecule has 1 amide bonds. The Morgan fingerprint density at radius 3 is 3.05 bits per heavy atom. The minimum atomic E-state index is -3.07. The highest BCUT2D eigenvalue weighted by Gasteiger charge is 2.45. The van der Waals surface area contributed by atoms with Gasteiger partial charge in [0.1, 0.15) is 0 Å². The fourth-order valence-corrected chi connectivity index (χ4v) is 5.43. The number of nitrogens with zero attached hydrogens (tertiary/aromatic N) is 1. The molecule has 1 aromatic rings. The predicted octanol–water partition coefficient (Wildman–Crippen LogP) is 0.705. The summed E-state index contributed by atoms with van der Waals surface area (Å²) in [5.41, 5.74) is 0. The number of rotatable bonds is 3. The number of fused-ring (bicyclic) bond motifs is 1. The van der Waals surface area contributed by atoms with Gasteiger partial charge in [0, 0.05) is 17.8 Å². The topological polar surface area (TPSA) is 63.7 Å². The molecular formula is C13H17NO4S2. The maximum absolute atomic E-state index is 12.3. The van der Waals surface area contributed by atoms with Crippen molar-refractivity contribution in [2.75, 3.05) is 24.7 Å². The first-order valence-corrected chi connectivity index (χ1v) is 9.39. The van der Waals surface area contributed by atoms with Crippen LogP contribution in [0.25, 0.3) is 0 Å². The molecule has 2 fully saturated rings. The van der Waals surface area contributed by atoms with Gasteiger partial charge in [-0.1, -0.05) is 6.07 Å². The van der Waals surface area contributed by atoms with Crippen LogP contribution in [-0.4, -0.2) is 56.0 Å². The molecule has 110 valence electrons. The summed E-state index contributed by atoms with van der Waals surface area (Å²) in [7, 11) is -3.07. The Labute approximate surface area is 122 Å². The molecule has 2 saturated heterocycles. The number of aryl methyl sites for hydroxylation is 1. The van der Waals surface area contributed by atoms with Gasteiger partial charge >= 0.3 is 0 Å². The molecule has 3 rings (SSSR count). The van der Waals surface area contributed by atoms with Gasteiger partial charge in [0.15, 0.2) is 9.84 Å². The van der Waals surface area contributed by atoms with Crippen LogP contribution < -0.4 is 0 Å². The van der Waals surface area contributed by atoms with E-state index in [0.29, 0.717) is 19.6 Å². The second kappa shape index (κ2) is 5.46. The van der Waals surface area contributed by atoms with E-state index in [0.717, 1.165) is 6.42 Å².